The minimum Gasteiger partial charge on any atom is -0.371 e. The Morgan fingerprint density at radius 2 is 1.69 bits per heavy atom. The van der Waals surface area contributed by atoms with Crippen LogP contribution in [0.25, 0.3) is 0 Å². The highest BCUT2D eigenvalue weighted by atomic mass is 16.1. The molecule has 4 N–H and O–H groups in total. The Bertz CT molecular complexity index is 941. The highest BCUT2D eigenvalue weighted by Crippen LogP contribution is 2.45. The molecule has 3 aliphatic rings. The number of hydrogen-bond acceptors (Lipinski definition) is 7. The Kier molecular flexibility index (Phi) is 5.85. The van der Waals surface area contributed by atoms with Gasteiger partial charge in [0.05, 0.1) is 0 Å². The number of nitrogens with two attached hydrogens (primary N) is 1. The third-order valence-corrected chi connectivity index (χ3v) is 7.59. The van der Waals surface area contributed by atoms with E-state index in [4.69, 9.17) is 5.73 Å². The molecule has 3 fully saturated rings. The molecule has 1 aromatic carbocycles. The fourth-order valence-corrected chi connectivity index (χ4v) is 5.32. The fourth-order valence-electron chi connectivity index (χ4n) is 5.32. The molecule has 0 radical (unpaired) electrons. The van der Waals surface area contributed by atoms with Crippen molar-refractivity contribution in [2.75, 3.05) is 28.6 Å². The summed E-state index contributed by atoms with van der Waals surface area (Å²) in [5.41, 5.74) is 8.28. The largest absolute Gasteiger partial charge is 0.371 e. The molecule has 1 amide bonds. The second-order valence-electron chi connectivity index (χ2n) is 9.69. The Morgan fingerprint density at radius 3 is 2.31 bits per heavy atom. The van der Waals surface area contributed by atoms with Gasteiger partial charge in [0.2, 0.25) is 5.95 Å². The molecule has 170 valence electrons. The van der Waals surface area contributed by atoms with Crippen LogP contribution in [-0.4, -0.2) is 40.2 Å². The smallest absolute Gasteiger partial charge is 0.273 e. The number of carbonyl (C=O) groups is 1. The number of amides is 1. The van der Waals surface area contributed by atoms with Gasteiger partial charge in [-0.3, -0.25) is 4.79 Å². The molecule has 2 aliphatic carbocycles. The number of aromatic nitrogens is 3. The summed E-state index contributed by atoms with van der Waals surface area (Å²) in [6.07, 6.45) is 13.0. The average molecular weight is 436 g/mol. The van der Waals surface area contributed by atoms with E-state index in [1.54, 1.807) is 0 Å². The molecule has 2 aromatic rings. The van der Waals surface area contributed by atoms with Gasteiger partial charge in [0.25, 0.3) is 5.91 Å². The predicted molar refractivity (Wildman–Crippen MR) is 126 cm³/mol. The summed E-state index contributed by atoms with van der Waals surface area (Å²) in [6.45, 7) is 2.29. The van der Waals surface area contributed by atoms with E-state index in [2.05, 4.69) is 42.8 Å². The van der Waals surface area contributed by atoms with Crippen molar-refractivity contribution in [3.8, 4) is 0 Å². The lowest BCUT2D eigenvalue weighted by atomic mass is 9.68. The van der Waals surface area contributed by atoms with Crippen LogP contribution in [0, 0.1) is 5.41 Å². The molecule has 0 unspecified atom stereocenters. The van der Waals surface area contributed by atoms with Gasteiger partial charge in [0.1, 0.15) is 0 Å². The highest BCUT2D eigenvalue weighted by Gasteiger charge is 2.35. The molecule has 5 rings (SSSR count). The lowest BCUT2D eigenvalue weighted by Crippen LogP contribution is -2.41. The van der Waals surface area contributed by atoms with Crippen molar-refractivity contribution in [1.29, 1.82) is 0 Å². The first-order valence-electron chi connectivity index (χ1n) is 12.0. The average Bonchev–Trinajstić information content (AvgIpc) is 2.78. The van der Waals surface area contributed by atoms with Crippen LogP contribution in [0.5, 0.6) is 0 Å². The minimum absolute atomic E-state index is 0.0821. The molecule has 1 aromatic heterocycles. The zero-order valence-corrected chi connectivity index (χ0v) is 18.6. The number of piperidine rings is 1. The van der Waals surface area contributed by atoms with Gasteiger partial charge in [-0.1, -0.05) is 19.3 Å². The highest BCUT2D eigenvalue weighted by molar-refractivity contribution is 5.95. The zero-order valence-electron chi connectivity index (χ0n) is 18.6. The van der Waals surface area contributed by atoms with Gasteiger partial charge in [-0.2, -0.15) is 4.98 Å². The summed E-state index contributed by atoms with van der Waals surface area (Å²) in [4.78, 5) is 18.6. The van der Waals surface area contributed by atoms with Crippen molar-refractivity contribution >= 4 is 29.0 Å². The number of anilines is 4. The first-order valence-corrected chi connectivity index (χ1v) is 12.0. The van der Waals surface area contributed by atoms with E-state index in [1.807, 2.05) is 12.1 Å². The third kappa shape index (κ3) is 4.49. The number of benzene rings is 1. The van der Waals surface area contributed by atoms with Crippen molar-refractivity contribution in [2.24, 2.45) is 11.1 Å². The minimum atomic E-state index is -0.626. The van der Waals surface area contributed by atoms with E-state index < -0.39 is 5.91 Å². The Balaban J connectivity index is 1.23. The van der Waals surface area contributed by atoms with Crippen molar-refractivity contribution < 1.29 is 4.79 Å². The van der Waals surface area contributed by atoms with Gasteiger partial charge in [-0.05, 0) is 74.6 Å². The van der Waals surface area contributed by atoms with Crippen molar-refractivity contribution in [3.05, 3.63) is 30.0 Å². The summed E-state index contributed by atoms with van der Waals surface area (Å²) >= 11 is 0. The van der Waals surface area contributed by atoms with E-state index in [0.29, 0.717) is 23.2 Å². The maximum absolute atomic E-state index is 11.7. The number of carbonyl (C=O) groups excluding carboxylic acids is 1. The molecule has 0 atom stereocenters. The molecule has 32 heavy (non-hydrogen) atoms. The van der Waals surface area contributed by atoms with Crippen LogP contribution in [0.2, 0.25) is 0 Å². The van der Waals surface area contributed by atoms with Crippen LogP contribution in [0.4, 0.5) is 23.1 Å². The topological polar surface area (TPSA) is 109 Å². The van der Waals surface area contributed by atoms with Crippen LogP contribution in [0.1, 0.15) is 74.7 Å². The summed E-state index contributed by atoms with van der Waals surface area (Å²) in [5, 5.41) is 14.5. The maximum Gasteiger partial charge on any atom is 0.273 e. The second-order valence-corrected chi connectivity index (χ2v) is 9.69. The van der Waals surface area contributed by atoms with Gasteiger partial charge >= 0.3 is 0 Å². The lowest BCUT2D eigenvalue weighted by molar-refractivity contribution is 0.0995. The zero-order chi connectivity index (χ0) is 22.0. The first-order chi connectivity index (χ1) is 15.6. The summed E-state index contributed by atoms with van der Waals surface area (Å²) in [6, 6.07) is 8.71. The standard InChI is InChI=1S/C24H33N7O/c25-21(32)20-22(26-17-5-4-6-17)28-23(30-29-20)27-18-7-9-19(10-8-18)31-15-13-24(14-16-31)11-2-1-3-12-24/h7-10,17H,1-6,11-16H2,(H2,25,32)(H2,26,27,28,30). The van der Waals surface area contributed by atoms with Gasteiger partial charge < -0.3 is 21.3 Å². The summed E-state index contributed by atoms with van der Waals surface area (Å²) in [5.74, 6) is 0.127. The van der Waals surface area contributed by atoms with E-state index >= 15 is 0 Å². The van der Waals surface area contributed by atoms with E-state index in [9.17, 15) is 4.79 Å². The molecular weight excluding hydrogens is 402 g/mol. The number of rotatable bonds is 6. The summed E-state index contributed by atoms with van der Waals surface area (Å²) in [7, 11) is 0. The number of nitrogens with one attached hydrogen (secondary N) is 2. The van der Waals surface area contributed by atoms with E-state index in [1.165, 1.54) is 57.1 Å². The molecule has 8 heteroatoms. The van der Waals surface area contributed by atoms with Crippen LogP contribution >= 0.6 is 0 Å². The molecule has 2 heterocycles. The van der Waals surface area contributed by atoms with Crippen LogP contribution in [-0.2, 0) is 0 Å². The number of nitrogens with zero attached hydrogens (tertiary/aromatic N) is 4. The van der Waals surface area contributed by atoms with Crippen molar-refractivity contribution in [1.82, 2.24) is 15.2 Å². The fraction of sp³-hybridized carbons (Fsp3) is 0.583. The Labute approximate surface area is 189 Å². The molecule has 8 nitrogen and oxygen atoms in total. The normalized spacial score (nSPS) is 20.6. The first kappa shape index (κ1) is 21.0. The number of hydrogen-bond donors (Lipinski definition) is 3. The maximum atomic E-state index is 11.7. The quantitative estimate of drug-likeness (QED) is 0.623. The van der Waals surface area contributed by atoms with Gasteiger partial charge in [0, 0.05) is 30.5 Å². The van der Waals surface area contributed by atoms with Crippen molar-refractivity contribution in [2.45, 2.75) is 70.3 Å². The molecular formula is C24H33N7O. The lowest BCUT2D eigenvalue weighted by Gasteiger charge is -2.45. The van der Waals surface area contributed by atoms with Gasteiger partial charge in [-0.25, -0.2) is 0 Å². The van der Waals surface area contributed by atoms with Crippen LogP contribution < -0.4 is 21.3 Å². The van der Waals surface area contributed by atoms with Crippen LogP contribution in [0.3, 0.4) is 0 Å². The molecule has 0 bridgehead atoms. The van der Waals surface area contributed by atoms with Gasteiger partial charge in [-0.15, -0.1) is 10.2 Å². The predicted octanol–water partition coefficient (Wildman–Crippen LogP) is 4.23. The monoisotopic (exact) mass is 435 g/mol. The van der Waals surface area contributed by atoms with Crippen molar-refractivity contribution in [3.63, 3.8) is 0 Å². The number of primary amides is 1. The SMILES string of the molecule is NC(=O)c1nnc(Nc2ccc(N3CCC4(CCCCC4)CC3)cc2)nc1NC1CCC1. The molecule has 1 saturated heterocycles. The molecule has 2 saturated carbocycles. The van der Waals surface area contributed by atoms with E-state index in [0.717, 1.165) is 31.6 Å². The Hall–Kier alpha value is -2.90. The summed E-state index contributed by atoms with van der Waals surface area (Å²) < 4.78 is 0. The molecule has 1 spiro atoms. The third-order valence-electron chi connectivity index (χ3n) is 7.59. The Morgan fingerprint density at radius 1 is 0.969 bits per heavy atom. The molecule has 1 aliphatic heterocycles. The van der Waals surface area contributed by atoms with Gasteiger partial charge in [0.15, 0.2) is 11.5 Å². The van der Waals surface area contributed by atoms with Crippen LogP contribution in [0.15, 0.2) is 24.3 Å². The second kappa shape index (κ2) is 8.92. The van der Waals surface area contributed by atoms with E-state index in [-0.39, 0.29) is 5.69 Å².